The van der Waals surface area contributed by atoms with Gasteiger partial charge in [-0.1, -0.05) is 11.6 Å². The van der Waals surface area contributed by atoms with E-state index in [2.05, 4.69) is 21.2 Å². The Labute approximate surface area is 112 Å². The number of hydrogen-bond donors (Lipinski definition) is 2. The highest BCUT2D eigenvalue weighted by Crippen LogP contribution is 2.27. The van der Waals surface area contributed by atoms with Gasteiger partial charge in [-0.25, -0.2) is 0 Å². The van der Waals surface area contributed by atoms with Crippen molar-refractivity contribution < 1.29 is 0 Å². The maximum Gasteiger partial charge on any atom is 0.0658 e. The first-order chi connectivity index (χ1) is 7.66. The molecule has 2 aromatic rings. The number of nitrogens with one attached hydrogen (secondary N) is 1. The number of hydrogen-bond acceptors (Lipinski definition) is 3. The van der Waals surface area contributed by atoms with Crippen LogP contribution in [0.4, 0.5) is 11.4 Å². The van der Waals surface area contributed by atoms with Crippen LogP contribution >= 0.6 is 38.9 Å². The molecule has 0 fully saturated rings. The maximum absolute atomic E-state index is 6.06. The van der Waals surface area contributed by atoms with E-state index in [0.717, 1.165) is 16.7 Å². The lowest BCUT2D eigenvalue weighted by Crippen LogP contribution is -1.99. The largest absolute Gasteiger partial charge is 0.399 e. The summed E-state index contributed by atoms with van der Waals surface area (Å²) in [6.07, 6.45) is 0. The number of nitrogen functional groups attached to an aromatic ring is 1. The standard InChI is InChI=1S/C11H10BrClN2S/c12-8-3-4-16-11(8)6-15-10-2-1-7(14)5-9(10)13/h1-5,15H,6,14H2. The SMILES string of the molecule is Nc1ccc(NCc2sccc2Br)c(Cl)c1. The Balaban J connectivity index is 2.08. The van der Waals surface area contributed by atoms with Gasteiger partial charge in [-0.2, -0.15) is 0 Å². The third kappa shape index (κ3) is 2.70. The van der Waals surface area contributed by atoms with Crippen molar-refractivity contribution in [2.45, 2.75) is 6.54 Å². The summed E-state index contributed by atoms with van der Waals surface area (Å²) >= 11 is 11.2. The van der Waals surface area contributed by atoms with E-state index in [4.69, 9.17) is 17.3 Å². The van der Waals surface area contributed by atoms with Gasteiger partial charge in [0.15, 0.2) is 0 Å². The summed E-state index contributed by atoms with van der Waals surface area (Å²) in [6, 6.07) is 7.50. The summed E-state index contributed by atoms with van der Waals surface area (Å²) in [5.41, 5.74) is 7.20. The van der Waals surface area contributed by atoms with Gasteiger partial charge >= 0.3 is 0 Å². The number of nitrogens with two attached hydrogens (primary N) is 1. The van der Waals surface area contributed by atoms with E-state index in [1.54, 1.807) is 17.4 Å². The van der Waals surface area contributed by atoms with Gasteiger partial charge in [0.25, 0.3) is 0 Å². The molecule has 0 saturated carbocycles. The molecular weight excluding hydrogens is 308 g/mol. The molecule has 0 atom stereocenters. The van der Waals surface area contributed by atoms with Crippen LogP contribution < -0.4 is 11.1 Å². The minimum atomic E-state index is 0.646. The van der Waals surface area contributed by atoms with Crippen LogP contribution in [0.25, 0.3) is 0 Å². The molecule has 16 heavy (non-hydrogen) atoms. The molecule has 84 valence electrons. The lowest BCUT2D eigenvalue weighted by molar-refractivity contribution is 1.18. The highest BCUT2D eigenvalue weighted by atomic mass is 79.9. The molecule has 0 saturated heterocycles. The molecule has 2 rings (SSSR count). The first kappa shape index (κ1) is 11.8. The molecule has 5 heteroatoms. The van der Waals surface area contributed by atoms with Crippen LogP contribution in [0, 0.1) is 0 Å². The zero-order valence-corrected chi connectivity index (χ0v) is 11.5. The summed E-state index contributed by atoms with van der Waals surface area (Å²) in [6.45, 7) is 0.752. The molecule has 0 radical (unpaired) electrons. The average molecular weight is 318 g/mol. The third-order valence-corrected chi connectivity index (χ3v) is 4.36. The van der Waals surface area contributed by atoms with Crippen molar-refractivity contribution in [3.63, 3.8) is 0 Å². The number of halogens is 2. The van der Waals surface area contributed by atoms with Gasteiger partial charge in [-0.15, -0.1) is 11.3 Å². The summed E-state index contributed by atoms with van der Waals surface area (Å²) in [4.78, 5) is 1.24. The fourth-order valence-electron chi connectivity index (χ4n) is 1.30. The minimum absolute atomic E-state index is 0.646. The summed E-state index contributed by atoms with van der Waals surface area (Å²) in [7, 11) is 0. The quantitative estimate of drug-likeness (QED) is 0.826. The highest BCUT2D eigenvalue weighted by molar-refractivity contribution is 9.10. The van der Waals surface area contributed by atoms with Crippen LogP contribution in [0.2, 0.25) is 5.02 Å². The summed E-state index contributed by atoms with van der Waals surface area (Å²) < 4.78 is 1.12. The van der Waals surface area contributed by atoms with E-state index in [-0.39, 0.29) is 0 Å². The van der Waals surface area contributed by atoms with Gasteiger partial charge < -0.3 is 11.1 Å². The Bertz CT molecular complexity index is 498. The fraction of sp³-hybridized carbons (Fsp3) is 0.0909. The van der Waals surface area contributed by atoms with Crippen molar-refractivity contribution in [3.05, 3.63) is 44.0 Å². The molecule has 0 aliphatic heterocycles. The molecule has 0 spiro atoms. The van der Waals surface area contributed by atoms with Gasteiger partial charge in [-0.05, 0) is 45.6 Å². The molecule has 0 aliphatic rings. The predicted molar refractivity (Wildman–Crippen MR) is 75.2 cm³/mol. The maximum atomic E-state index is 6.06. The van der Waals surface area contributed by atoms with E-state index in [9.17, 15) is 0 Å². The third-order valence-electron chi connectivity index (χ3n) is 2.12. The Hall–Kier alpha value is -0.710. The van der Waals surface area contributed by atoms with E-state index in [1.807, 2.05) is 23.6 Å². The van der Waals surface area contributed by atoms with Gasteiger partial charge in [0.2, 0.25) is 0 Å². The minimum Gasteiger partial charge on any atom is -0.399 e. The number of benzene rings is 1. The van der Waals surface area contributed by atoms with Crippen molar-refractivity contribution in [3.8, 4) is 0 Å². The van der Waals surface area contributed by atoms with Crippen LogP contribution in [0.3, 0.4) is 0 Å². The zero-order valence-electron chi connectivity index (χ0n) is 8.34. The van der Waals surface area contributed by atoms with E-state index in [1.165, 1.54) is 4.88 Å². The summed E-state index contributed by atoms with van der Waals surface area (Å²) in [5, 5.41) is 5.97. The Morgan fingerprint density at radius 1 is 1.38 bits per heavy atom. The summed E-state index contributed by atoms with van der Waals surface area (Å²) in [5.74, 6) is 0. The highest BCUT2D eigenvalue weighted by Gasteiger charge is 2.03. The molecule has 0 bridgehead atoms. The molecule has 1 aromatic heterocycles. The first-order valence-corrected chi connectivity index (χ1v) is 6.72. The molecule has 0 aliphatic carbocycles. The van der Waals surface area contributed by atoms with Crippen LogP contribution in [0.5, 0.6) is 0 Å². The van der Waals surface area contributed by atoms with Crippen molar-refractivity contribution in [1.29, 1.82) is 0 Å². The van der Waals surface area contributed by atoms with Gasteiger partial charge in [0.05, 0.1) is 17.3 Å². The second-order valence-corrected chi connectivity index (χ2v) is 5.55. The molecule has 1 heterocycles. The van der Waals surface area contributed by atoms with Crippen molar-refractivity contribution >= 4 is 50.2 Å². The molecule has 3 N–H and O–H groups in total. The molecule has 0 unspecified atom stereocenters. The monoisotopic (exact) mass is 316 g/mol. The fourth-order valence-corrected chi connectivity index (χ4v) is 2.99. The second-order valence-electron chi connectivity index (χ2n) is 3.28. The van der Waals surface area contributed by atoms with Crippen LogP contribution in [-0.2, 0) is 6.54 Å². The van der Waals surface area contributed by atoms with Crippen LogP contribution in [0.15, 0.2) is 34.1 Å². The number of rotatable bonds is 3. The smallest absolute Gasteiger partial charge is 0.0658 e. The number of anilines is 2. The van der Waals surface area contributed by atoms with E-state index >= 15 is 0 Å². The topological polar surface area (TPSA) is 38.0 Å². The Kier molecular flexibility index (Phi) is 3.74. The molecule has 0 amide bonds. The van der Waals surface area contributed by atoms with E-state index < -0.39 is 0 Å². The van der Waals surface area contributed by atoms with Crippen molar-refractivity contribution in [2.24, 2.45) is 0 Å². The number of thiophene rings is 1. The zero-order chi connectivity index (χ0) is 11.5. The lowest BCUT2D eigenvalue weighted by atomic mass is 10.3. The predicted octanol–water partition coefficient (Wildman–Crippen LogP) is 4.36. The average Bonchev–Trinajstić information content (AvgIpc) is 2.63. The normalized spacial score (nSPS) is 10.4. The van der Waals surface area contributed by atoms with Crippen LogP contribution in [-0.4, -0.2) is 0 Å². The van der Waals surface area contributed by atoms with Gasteiger partial charge in [0.1, 0.15) is 0 Å². The molecule has 1 aromatic carbocycles. The Morgan fingerprint density at radius 2 is 2.19 bits per heavy atom. The second kappa shape index (κ2) is 5.08. The van der Waals surface area contributed by atoms with Crippen LogP contribution in [0.1, 0.15) is 4.88 Å². The van der Waals surface area contributed by atoms with E-state index in [0.29, 0.717) is 10.7 Å². The lowest BCUT2D eigenvalue weighted by Gasteiger charge is -2.08. The molecule has 2 nitrogen and oxygen atoms in total. The van der Waals surface area contributed by atoms with Gasteiger partial charge in [-0.3, -0.25) is 0 Å². The molecular formula is C11H10BrClN2S. The van der Waals surface area contributed by atoms with Crippen molar-refractivity contribution in [1.82, 2.24) is 0 Å². The Morgan fingerprint density at radius 3 is 2.81 bits per heavy atom. The first-order valence-electron chi connectivity index (χ1n) is 4.67. The van der Waals surface area contributed by atoms with Crippen molar-refractivity contribution in [2.75, 3.05) is 11.1 Å². The van der Waals surface area contributed by atoms with Gasteiger partial charge in [0, 0.05) is 15.0 Å².